The number of nitrogens with zero attached hydrogens (tertiary/aromatic N) is 2. The standard InChI is InChI=1S/C15H15FN2O2/c1-18(10-12-5-3-4-6-13(12)20-2)15(19)11-7-8-17-14(16)9-11/h3-9H,10H2,1-2H3. The summed E-state index contributed by atoms with van der Waals surface area (Å²) in [4.78, 5) is 17.1. The predicted octanol–water partition coefficient (Wildman–Crippen LogP) is 2.50. The fourth-order valence-electron chi connectivity index (χ4n) is 1.92. The first-order chi connectivity index (χ1) is 9.61. The Morgan fingerprint density at radius 1 is 1.35 bits per heavy atom. The van der Waals surface area contributed by atoms with Crippen LogP contribution in [0.3, 0.4) is 0 Å². The van der Waals surface area contributed by atoms with Crippen molar-refractivity contribution in [1.82, 2.24) is 9.88 Å². The van der Waals surface area contributed by atoms with Crippen LogP contribution in [0.4, 0.5) is 4.39 Å². The topological polar surface area (TPSA) is 42.4 Å². The molecule has 0 aliphatic heterocycles. The molecule has 0 aliphatic rings. The van der Waals surface area contributed by atoms with Gasteiger partial charge in [0.1, 0.15) is 5.75 Å². The van der Waals surface area contributed by atoms with Crippen LogP contribution >= 0.6 is 0 Å². The van der Waals surface area contributed by atoms with E-state index >= 15 is 0 Å². The van der Waals surface area contributed by atoms with Gasteiger partial charge in [-0.1, -0.05) is 18.2 Å². The number of rotatable bonds is 4. The molecule has 1 heterocycles. The highest BCUT2D eigenvalue weighted by atomic mass is 19.1. The summed E-state index contributed by atoms with van der Waals surface area (Å²) in [5, 5.41) is 0. The van der Waals surface area contributed by atoms with E-state index < -0.39 is 5.95 Å². The molecule has 0 saturated heterocycles. The number of benzene rings is 1. The smallest absolute Gasteiger partial charge is 0.254 e. The molecule has 20 heavy (non-hydrogen) atoms. The summed E-state index contributed by atoms with van der Waals surface area (Å²) in [6.45, 7) is 0.382. The summed E-state index contributed by atoms with van der Waals surface area (Å²) in [7, 11) is 3.24. The lowest BCUT2D eigenvalue weighted by Crippen LogP contribution is -2.26. The van der Waals surface area contributed by atoms with Gasteiger partial charge in [-0.2, -0.15) is 4.39 Å². The molecule has 0 atom stereocenters. The SMILES string of the molecule is COc1ccccc1CN(C)C(=O)c1ccnc(F)c1. The maximum Gasteiger partial charge on any atom is 0.254 e. The van der Waals surface area contributed by atoms with Gasteiger partial charge in [-0.15, -0.1) is 0 Å². The van der Waals surface area contributed by atoms with Crippen LogP contribution in [0.2, 0.25) is 0 Å². The van der Waals surface area contributed by atoms with Gasteiger partial charge in [0, 0.05) is 37.0 Å². The van der Waals surface area contributed by atoms with Crippen LogP contribution in [-0.4, -0.2) is 29.9 Å². The number of aromatic nitrogens is 1. The molecular formula is C15H15FN2O2. The lowest BCUT2D eigenvalue weighted by molar-refractivity contribution is 0.0783. The highest BCUT2D eigenvalue weighted by Crippen LogP contribution is 2.19. The molecule has 1 aromatic carbocycles. The summed E-state index contributed by atoms with van der Waals surface area (Å²) in [6.07, 6.45) is 1.28. The molecule has 0 unspecified atom stereocenters. The molecule has 1 amide bonds. The average molecular weight is 274 g/mol. The molecule has 0 radical (unpaired) electrons. The summed E-state index contributed by atoms with van der Waals surface area (Å²) in [6, 6.07) is 10.1. The molecule has 104 valence electrons. The molecule has 0 aliphatic carbocycles. The Labute approximate surface area is 116 Å². The zero-order valence-electron chi connectivity index (χ0n) is 11.3. The first kappa shape index (κ1) is 14.0. The number of carbonyl (C=O) groups excluding carboxylic acids is 1. The third-order valence-electron chi connectivity index (χ3n) is 2.92. The number of methoxy groups -OCH3 is 1. The minimum atomic E-state index is -0.665. The Bertz CT molecular complexity index is 616. The number of carbonyl (C=O) groups is 1. The number of amides is 1. The van der Waals surface area contributed by atoms with Crippen LogP contribution in [0.5, 0.6) is 5.75 Å². The Kier molecular flexibility index (Phi) is 4.30. The van der Waals surface area contributed by atoms with Gasteiger partial charge in [-0.3, -0.25) is 4.79 Å². The predicted molar refractivity (Wildman–Crippen MR) is 73.0 cm³/mol. The summed E-state index contributed by atoms with van der Waals surface area (Å²) in [5.41, 5.74) is 1.16. The fourth-order valence-corrected chi connectivity index (χ4v) is 1.92. The minimum absolute atomic E-state index is 0.266. The van der Waals surface area contributed by atoms with Crippen LogP contribution in [0.1, 0.15) is 15.9 Å². The van der Waals surface area contributed by atoms with Gasteiger partial charge in [0.15, 0.2) is 0 Å². The molecule has 1 aromatic heterocycles. The van der Waals surface area contributed by atoms with E-state index in [-0.39, 0.29) is 11.5 Å². The second-order valence-corrected chi connectivity index (χ2v) is 4.34. The van der Waals surface area contributed by atoms with Crippen LogP contribution < -0.4 is 4.74 Å². The summed E-state index contributed by atoms with van der Waals surface area (Å²) < 4.78 is 18.3. The van der Waals surface area contributed by atoms with E-state index in [1.807, 2.05) is 24.3 Å². The van der Waals surface area contributed by atoms with Crippen molar-refractivity contribution in [2.24, 2.45) is 0 Å². The van der Waals surface area contributed by atoms with Gasteiger partial charge in [0.25, 0.3) is 5.91 Å². The van der Waals surface area contributed by atoms with Crippen LogP contribution in [0, 0.1) is 5.95 Å². The lowest BCUT2D eigenvalue weighted by atomic mass is 10.1. The van der Waals surface area contributed by atoms with E-state index in [1.165, 1.54) is 17.2 Å². The third-order valence-corrected chi connectivity index (χ3v) is 2.92. The van der Waals surface area contributed by atoms with Crippen molar-refractivity contribution < 1.29 is 13.9 Å². The second-order valence-electron chi connectivity index (χ2n) is 4.34. The van der Waals surface area contributed by atoms with Crippen LogP contribution in [0.15, 0.2) is 42.6 Å². The molecule has 0 fully saturated rings. The van der Waals surface area contributed by atoms with Gasteiger partial charge in [0.2, 0.25) is 5.95 Å². The number of hydrogen-bond acceptors (Lipinski definition) is 3. The molecular weight excluding hydrogens is 259 g/mol. The van der Waals surface area contributed by atoms with Gasteiger partial charge in [-0.05, 0) is 12.1 Å². The van der Waals surface area contributed by atoms with Gasteiger partial charge >= 0.3 is 0 Å². The quantitative estimate of drug-likeness (QED) is 0.804. The zero-order chi connectivity index (χ0) is 14.5. The number of hydrogen-bond donors (Lipinski definition) is 0. The summed E-state index contributed by atoms with van der Waals surface area (Å²) in [5.74, 6) is -0.216. The van der Waals surface area contributed by atoms with E-state index in [2.05, 4.69) is 4.98 Å². The van der Waals surface area contributed by atoms with Crippen molar-refractivity contribution in [3.05, 3.63) is 59.7 Å². The fraction of sp³-hybridized carbons (Fsp3) is 0.200. The highest BCUT2D eigenvalue weighted by Gasteiger charge is 2.14. The van der Waals surface area contributed by atoms with Gasteiger partial charge < -0.3 is 9.64 Å². The van der Waals surface area contributed by atoms with Crippen LogP contribution in [0.25, 0.3) is 0 Å². The Balaban J connectivity index is 2.15. The molecule has 5 heteroatoms. The largest absolute Gasteiger partial charge is 0.496 e. The van der Waals surface area contributed by atoms with Crippen LogP contribution in [-0.2, 0) is 6.54 Å². The maximum atomic E-state index is 13.0. The van der Waals surface area contributed by atoms with Crippen molar-refractivity contribution >= 4 is 5.91 Å². The van der Waals surface area contributed by atoms with Gasteiger partial charge in [-0.25, -0.2) is 4.98 Å². The number of pyridine rings is 1. The Morgan fingerprint density at radius 2 is 2.10 bits per heavy atom. The lowest BCUT2D eigenvalue weighted by Gasteiger charge is -2.18. The van der Waals surface area contributed by atoms with Crippen molar-refractivity contribution in [2.75, 3.05) is 14.2 Å². The first-order valence-corrected chi connectivity index (χ1v) is 6.10. The normalized spacial score (nSPS) is 10.2. The van der Waals surface area contributed by atoms with E-state index in [0.29, 0.717) is 12.3 Å². The third kappa shape index (κ3) is 3.12. The zero-order valence-corrected chi connectivity index (χ0v) is 11.3. The molecule has 0 spiro atoms. The second kappa shape index (κ2) is 6.14. The molecule has 4 nitrogen and oxygen atoms in total. The van der Waals surface area contributed by atoms with E-state index in [1.54, 1.807) is 14.2 Å². The number of ether oxygens (including phenoxy) is 1. The highest BCUT2D eigenvalue weighted by molar-refractivity contribution is 5.93. The molecule has 2 rings (SSSR count). The molecule has 0 saturated carbocycles. The molecule has 0 bridgehead atoms. The van der Waals surface area contributed by atoms with E-state index in [4.69, 9.17) is 4.74 Å². The monoisotopic (exact) mass is 274 g/mol. The van der Waals surface area contributed by atoms with E-state index in [9.17, 15) is 9.18 Å². The Morgan fingerprint density at radius 3 is 2.80 bits per heavy atom. The molecule has 0 N–H and O–H groups in total. The van der Waals surface area contributed by atoms with Crippen molar-refractivity contribution in [1.29, 1.82) is 0 Å². The van der Waals surface area contributed by atoms with Crippen molar-refractivity contribution in [2.45, 2.75) is 6.54 Å². The van der Waals surface area contributed by atoms with E-state index in [0.717, 1.165) is 11.6 Å². The summed E-state index contributed by atoms with van der Waals surface area (Å²) >= 11 is 0. The maximum absolute atomic E-state index is 13.0. The number of halogens is 1. The van der Waals surface area contributed by atoms with Crippen molar-refractivity contribution in [3.8, 4) is 5.75 Å². The van der Waals surface area contributed by atoms with Gasteiger partial charge in [0.05, 0.1) is 7.11 Å². The van der Waals surface area contributed by atoms with Crippen molar-refractivity contribution in [3.63, 3.8) is 0 Å². The number of para-hydroxylation sites is 1. The molecule has 2 aromatic rings. The first-order valence-electron chi connectivity index (χ1n) is 6.10. The minimum Gasteiger partial charge on any atom is -0.496 e. The average Bonchev–Trinajstić information content (AvgIpc) is 2.47. The Hall–Kier alpha value is -2.43.